The number of hydrogen-bond donors (Lipinski definition) is 0. The van der Waals surface area contributed by atoms with E-state index in [0.717, 1.165) is 51.0 Å². The Hall–Kier alpha value is -2.06. The lowest BCUT2D eigenvalue weighted by Crippen LogP contribution is -2.31. The van der Waals surface area contributed by atoms with Gasteiger partial charge < -0.3 is 18.9 Å². The Balaban J connectivity index is 1.39. The summed E-state index contributed by atoms with van der Waals surface area (Å²) in [6.45, 7) is 3.61. The molecule has 0 amide bonds. The molecule has 0 N–H and O–H groups in total. The molecule has 3 rings (SSSR count). The SMILES string of the molecule is CCCC1COC(/C=C/C2CCC(C(=O)Oc3ccc(OC(F)(F)F)cc3)CC2)OC1. The van der Waals surface area contributed by atoms with Gasteiger partial charge in [0.15, 0.2) is 6.29 Å². The van der Waals surface area contributed by atoms with E-state index in [4.69, 9.17) is 14.2 Å². The number of carbonyl (C=O) groups is 1. The van der Waals surface area contributed by atoms with Crippen LogP contribution < -0.4 is 9.47 Å². The summed E-state index contributed by atoms with van der Waals surface area (Å²) in [7, 11) is 0. The molecule has 0 unspecified atom stereocenters. The second kappa shape index (κ2) is 11.0. The van der Waals surface area contributed by atoms with Crippen LogP contribution in [0.2, 0.25) is 0 Å². The zero-order valence-corrected chi connectivity index (χ0v) is 17.6. The lowest BCUT2D eigenvalue weighted by Gasteiger charge is -2.28. The monoisotopic (exact) mass is 442 g/mol. The molecule has 2 aliphatic rings. The molecule has 0 atom stereocenters. The van der Waals surface area contributed by atoms with Crippen LogP contribution in [-0.4, -0.2) is 31.8 Å². The second-order valence-corrected chi connectivity index (χ2v) is 8.13. The molecular formula is C23H29F3O5. The zero-order valence-electron chi connectivity index (χ0n) is 17.6. The van der Waals surface area contributed by atoms with E-state index in [1.54, 1.807) is 0 Å². The molecule has 2 fully saturated rings. The van der Waals surface area contributed by atoms with Crippen molar-refractivity contribution < 1.29 is 36.9 Å². The lowest BCUT2D eigenvalue weighted by molar-refractivity contribution is -0.274. The maximum atomic E-state index is 12.4. The number of rotatable bonds is 7. The molecule has 0 spiro atoms. The van der Waals surface area contributed by atoms with Crippen LogP contribution in [0.1, 0.15) is 45.4 Å². The molecule has 0 radical (unpaired) electrons. The van der Waals surface area contributed by atoms with E-state index in [2.05, 4.69) is 17.7 Å². The van der Waals surface area contributed by atoms with Gasteiger partial charge in [0.1, 0.15) is 11.5 Å². The fourth-order valence-corrected chi connectivity index (χ4v) is 3.95. The molecule has 0 aromatic heterocycles. The van der Waals surface area contributed by atoms with Gasteiger partial charge in [-0.2, -0.15) is 0 Å². The molecule has 5 nitrogen and oxygen atoms in total. The van der Waals surface area contributed by atoms with Gasteiger partial charge in [-0.1, -0.05) is 19.4 Å². The average Bonchev–Trinajstić information content (AvgIpc) is 2.74. The molecule has 31 heavy (non-hydrogen) atoms. The lowest BCUT2D eigenvalue weighted by atomic mass is 9.82. The van der Waals surface area contributed by atoms with Gasteiger partial charge in [0.25, 0.3) is 0 Å². The molecular weight excluding hydrogens is 413 g/mol. The highest BCUT2D eigenvalue weighted by atomic mass is 19.4. The third kappa shape index (κ3) is 7.85. The van der Waals surface area contributed by atoms with E-state index in [1.807, 2.05) is 6.08 Å². The van der Waals surface area contributed by atoms with Crippen molar-refractivity contribution in [2.45, 2.75) is 58.1 Å². The smallest absolute Gasteiger partial charge is 0.426 e. The second-order valence-electron chi connectivity index (χ2n) is 8.13. The minimum Gasteiger partial charge on any atom is -0.426 e. The first-order valence-electron chi connectivity index (χ1n) is 10.8. The molecule has 1 aliphatic heterocycles. The quantitative estimate of drug-likeness (QED) is 0.311. The summed E-state index contributed by atoms with van der Waals surface area (Å²) in [5, 5.41) is 0. The first kappa shape index (κ1) is 23.6. The Morgan fingerprint density at radius 1 is 1.03 bits per heavy atom. The van der Waals surface area contributed by atoms with Crippen LogP contribution in [0.15, 0.2) is 36.4 Å². The van der Waals surface area contributed by atoms with Crippen molar-refractivity contribution in [3.05, 3.63) is 36.4 Å². The average molecular weight is 442 g/mol. The van der Waals surface area contributed by atoms with Crippen LogP contribution in [0.25, 0.3) is 0 Å². The Bertz CT molecular complexity index is 716. The Morgan fingerprint density at radius 2 is 1.65 bits per heavy atom. The first-order valence-corrected chi connectivity index (χ1v) is 10.8. The maximum Gasteiger partial charge on any atom is 0.573 e. The van der Waals surface area contributed by atoms with E-state index in [0.29, 0.717) is 24.7 Å². The summed E-state index contributed by atoms with van der Waals surface area (Å²) in [6, 6.07) is 4.83. The number of benzene rings is 1. The summed E-state index contributed by atoms with van der Waals surface area (Å²) < 4.78 is 57.2. The molecule has 0 bridgehead atoms. The van der Waals surface area contributed by atoms with Gasteiger partial charge in [-0.25, -0.2) is 0 Å². The number of allylic oxidation sites excluding steroid dienone is 1. The van der Waals surface area contributed by atoms with E-state index in [9.17, 15) is 18.0 Å². The van der Waals surface area contributed by atoms with Gasteiger partial charge in [0.05, 0.1) is 19.1 Å². The minimum absolute atomic E-state index is 0.203. The standard InChI is InChI=1S/C23H29F3O5/c1-2-3-17-14-28-21(29-15-17)13-6-16-4-7-18(8-5-16)22(27)30-19-9-11-20(12-10-19)31-23(24,25)26/h6,9-13,16-18,21H,2-5,7-8,14-15H2,1H3/b13-6+. The number of carbonyl (C=O) groups excluding carboxylic acids is 1. The highest BCUT2D eigenvalue weighted by Gasteiger charge is 2.31. The predicted molar refractivity (Wildman–Crippen MR) is 107 cm³/mol. The van der Waals surface area contributed by atoms with Crippen LogP contribution >= 0.6 is 0 Å². The molecule has 172 valence electrons. The van der Waals surface area contributed by atoms with Gasteiger partial charge in [0.2, 0.25) is 0 Å². The first-order chi connectivity index (χ1) is 14.8. The predicted octanol–water partition coefficient (Wildman–Crippen LogP) is 5.64. The summed E-state index contributed by atoms with van der Waals surface area (Å²) in [6.07, 6.45) is 4.41. The van der Waals surface area contributed by atoms with Crippen LogP contribution in [0.3, 0.4) is 0 Å². The van der Waals surface area contributed by atoms with E-state index >= 15 is 0 Å². The fourth-order valence-electron chi connectivity index (χ4n) is 3.95. The van der Waals surface area contributed by atoms with Crippen molar-refractivity contribution in [2.75, 3.05) is 13.2 Å². The largest absolute Gasteiger partial charge is 0.573 e. The molecule has 1 aromatic rings. The number of esters is 1. The fraction of sp³-hybridized carbons (Fsp3) is 0.609. The summed E-state index contributed by atoms with van der Waals surface area (Å²) in [5.74, 6) is 0.120. The Morgan fingerprint density at radius 3 is 2.23 bits per heavy atom. The topological polar surface area (TPSA) is 54.0 Å². The molecule has 1 heterocycles. The highest BCUT2D eigenvalue weighted by Crippen LogP contribution is 2.32. The maximum absolute atomic E-state index is 12.4. The number of ether oxygens (including phenoxy) is 4. The van der Waals surface area contributed by atoms with E-state index in [1.165, 1.54) is 12.1 Å². The normalized spacial score (nSPS) is 27.2. The van der Waals surface area contributed by atoms with Crippen LogP contribution in [0, 0.1) is 17.8 Å². The van der Waals surface area contributed by atoms with Crippen LogP contribution in [-0.2, 0) is 14.3 Å². The number of hydrogen-bond acceptors (Lipinski definition) is 5. The van der Waals surface area contributed by atoms with Crippen molar-refractivity contribution in [1.82, 2.24) is 0 Å². The molecule has 1 saturated heterocycles. The van der Waals surface area contributed by atoms with Gasteiger partial charge in [0, 0.05) is 5.92 Å². The number of alkyl halides is 3. The Kier molecular flexibility index (Phi) is 8.37. The number of halogens is 3. The summed E-state index contributed by atoms with van der Waals surface area (Å²) >= 11 is 0. The Labute approximate surface area is 180 Å². The van der Waals surface area contributed by atoms with Gasteiger partial charge in [-0.3, -0.25) is 4.79 Å². The van der Waals surface area contributed by atoms with Crippen molar-refractivity contribution in [3.8, 4) is 11.5 Å². The van der Waals surface area contributed by atoms with Crippen molar-refractivity contribution in [2.24, 2.45) is 17.8 Å². The highest BCUT2D eigenvalue weighted by molar-refractivity contribution is 5.75. The minimum atomic E-state index is -4.75. The van der Waals surface area contributed by atoms with Gasteiger partial charge >= 0.3 is 12.3 Å². The van der Waals surface area contributed by atoms with Crippen molar-refractivity contribution >= 4 is 5.97 Å². The van der Waals surface area contributed by atoms with E-state index in [-0.39, 0.29) is 29.7 Å². The summed E-state index contributed by atoms with van der Waals surface area (Å²) in [5.41, 5.74) is 0. The molecule has 1 saturated carbocycles. The van der Waals surface area contributed by atoms with Crippen molar-refractivity contribution in [3.63, 3.8) is 0 Å². The summed E-state index contributed by atoms with van der Waals surface area (Å²) in [4.78, 5) is 12.4. The van der Waals surface area contributed by atoms with Gasteiger partial charge in [-0.05, 0) is 68.4 Å². The molecule has 8 heteroatoms. The third-order valence-electron chi connectivity index (χ3n) is 5.61. The van der Waals surface area contributed by atoms with Gasteiger partial charge in [-0.15, -0.1) is 13.2 Å². The van der Waals surface area contributed by atoms with Crippen molar-refractivity contribution in [1.29, 1.82) is 0 Å². The van der Waals surface area contributed by atoms with Crippen LogP contribution in [0.5, 0.6) is 11.5 Å². The zero-order chi connectivity index (χ0) is 22.3. The third-order valence-corrected chi connectivity index (χ3v) is 5.61. The molecule has 1 aromatic carbocycles. The van der Waals surface area contributed by atoms with E-state index < -0.39 is 6.36 Å². The molecule has 1 aliphatic carbocycles. The van der Waals surface area contributed by atoms with Crippen LogP contribution in [0.4, 0.5) is 13.2 Å².